The highest BCUT2D eigenvalue weighted by molar-refractivity contribution is 6.32. The summed E-state index contributed by atoms with van der Waals surface area (Å²) in [5.74, 6) is 0.565. The molecule has 0 aliphatic heterocycles. The lowest BCUT2D eigenvalue weighted by Gasteiger charge is -2.07. The zero-order valence-electron chi connectivity index (χ0n) is 13.9. The molecule has 0 aliphatic carbocycles. The highest BCUT2D eigenvalue weighted by Gasteiger charge is 2.12. The Morgan fingerprint density at radius 3 is 2.69 bits per heavy atom. The van der Waals surface area contributed by atoms with Gasteiger partial charge in [0.1, 0.15) is 23.3 Å². The molecule has 0 radical (unpaired) electrons. The van der Waals surface area contributed by atoms with E-state index in [0.29, 0.717) is 35.3 Å². The predicted octanol–water partition coefficient (Wildman–Crippen LogP) is 4.89. The molecule has 132 valence electrons. The number of phenols is 1. The van der Waals surface area contributed by atoms with Gasteiger partial charge < -0.3 is 14.3 Å². The van der Waals surface area contributed by atoms with Crippen molar-refractivity contribution in [2.24, 2.45) is 0 Å². The molecule has 1 N–H and O–H groups in total. The van der Waals surface area contributed by atoms with Gasteiger partial charge in [0.05, 0.1) is 28.6 Å². The average Bonchev–Trinajstić information content (AvgIpc) is 2.64. The zero-order chi connectivity index (χ0) is 18.5. The third kappa shape index (κ3) is 3.81. The maximum atomic E-state index is 12.7. The third-order valence-electron chi connectivity index (χ3n) is 3.96. The molecule has 0 atom stereocenters. The molecule has 3 aromatic rings. The number of nitrogens with zero attached hydrogens (tertiary/aromatic N) is 1. The molecule has 0 amide bonds. The number of benzene rings is 2. The van der Waals surface area contributed by atoms with Gasteiger partial charge in [0.25, 0.3) is 0 Å². The van der Waals surface area contributed by atoms with Crippen LogP contribution in [0.25, 0.3) is 22.1 Å². The van der Waals surface area contributed by atoms with Gasteiger partial charge in [0.15, 0.2) is 0 Å². The van der Waals surface area contributed by atoms with E-state index >= 15 is 0 Å². The van der Waals surface area contributed by atoms with Crippen LogP contribution in [0.3, 0.4) is 0 Å². The molecular formula is C20H16ClNO4. The van der Waals surface area contributed by atoms with Crippen LogP contribution in [0.5, 0.6) is 11.5 Å². The summed E-state index contributed by atoms with van der Waals surface area (Å²) in [5.41, 5.74) is 1.15. The number of phenolic OH excluding ortho intramolecular Hbond substituents is 1. The lowest BCUT2D eigenvalue weighted by Crippen LogP contribution is -2.05. The molecule has 0 fully saturated rings. The van der Waals surface area contributed by atoms with E-state index in [0.717, 1.165) is 12.8 Å². The number of ether oxygens (including phenoxy) is 1. The fraction of sp³-hybridized carbons (Fsp3) is 0.200. The van der Waals surface area contributed by atoms with Gasteiger partial charge in [0, 0.05) is 12.5 Å². The summed E-state index contributed by atoms with van der Waals surface area (Å²) in [4.78, 5) is 12.7. The molecule has 0 aliphatic rings. The number of hydrogen-bond donors (Lipinski definition) is 1. The molecule has 0 saturated carbocycles. The predicted molar refractivity (Wildman–Crippen MR) is 99.6 cm³/mol. The highest BCUT2D eigenvalue weighted by atomic mass is 35.5. The summed E-state index contributed by atoms with van der Waals surface area (Å²) in [5, 5.41) is 18.5. The molecule has 0 unspecified atom stereocenters. The summed E-state index contributed by atoms with van der Waals surface area (Å²) in [6.45, 7) is 0.543. The second kappa shape index (κ2) is 7.94. The minimum absolute atomic E-state index is 0.0992. The van der Waals surface area contributed by atoms with E-state index in [-0.39, 0.29) is 21.8 Å². The van der Waals surface area contributed by atoms with E-state index in [2.05, 4.69) is 6.07 Å². The maximum absolute atomic E-state index is 12.7. The first-order valence-electron chi connectivity index (χ1n) is 8.14. The third-order valence-corrected chi connectivity index (χ3v) is 4.26. The summed E-state index contributed by atoms with van der Waals surface area (Å²) in [6, 6.07) is 12.0. The Hall–Kier alpha value is -2.97. The monoisotopic (exact) mass is 369 g/mol. The summed E-state index contributed by atoms with van der Waals surface area (Å²) >= 11 is 5.89. The Balaban J connectivity index is 1.81. The quantitative estimate of drug-likeness (QED) is 0.625. The molecule has 3 rings (SSSR count). The first kappa shape index (κ1) is 17.8. The average molecular weight is 370 g/mol. The number of hydrogen-bond acceptors (Lipinski definition) is 5. The van der Waals surface area contributed by atoms with Crippen molar-refractivity contribution in [3.63, 3.8) is 0 Å². The molecular weight excluding hydrogens is 354 g/mol. The molecule has 5 nitrogen and oxygen atoms in total. The van der Waals surface area contributed by atoms with Crippen LogP contribution in [0.15, 0.2) is 51.9 Å². The van der Waals surface area contributed by atoms with Crippen molar-refractivity contribution in [2.45, 2.75) is 19.3 Å². The Labute approximate surface area is 155 Å². The molecule has 6 heteroatoms. The Morgan fingerprint density at radius 1 is 1.19 bits per heavy atom. The van der Waals surface area contributed by atoms with Gasteiger partial charge >= 0.3 is 0 Å². The van der Waals surface area contributed by atoms with Gasteiger partial charge in [-0.3, -0.25) is 4.79 Å². The van der Waals surface area contributed by atoms with Crippen LogP contribution in [0.1, 0.15) is 19.3 Å². The lowest BCUT2D eigenvalue weighted by molar-refractivity contribution is 0.307. The van der Waals surface area contributed by atoms with Gasteiger partial charge in [-0.1, -0.05) is 23.7 Å². The number of unbranched alkanes of at least 4 members (excludes halogenated alkanes) is 2. The smallest absolute Gasteiger partial charge is 0.200 e. The fourth-order valence-electron chi connectivity index (χ4n) is 2.56. The number of nitriles is 1. The van der Waals surface area contributed by atoms with Crippen molar-refractivity contribution >= 4 is 22.6 Å². The summed E-state index contributed by atoms with van der Waals surface area (Å²) in [6.07, 6.45) is 3.53. The molecule has 26 heavy (non-hydrogen) atoms. The summed E-state index contributed by atoms with van der Waals surface area (Å²) in [7, 11) is 0. The van der Waals surface area contributed by atoms with E-state index in [4.69, 9.17) is 26.0 Å². The second-order valence-corrected chi connectivity index (χ2v) is 6.17. The maximum Gasteiger partial charge on any atom is 0.200 e. The van der Waals surface area contributed by atoms with Crippen LogP contribution in [-0.2, 0) is 0 Å². The first-order chi connectivity index (χ1) is 12.6. The normalized spacial score (nSPS) is 10.6. The van der Waals surface area contributed by atoms with Crippen molar-refractivity contribution in [1.82, 2.24) is 0 Å². The Kier molecular flexibility index (Phi) is 5.45. The molecule has 2 aromatic carbocycles. The van der Waals surface area contributed by atoms with E-state index in [1.54, 1.807) is 24.3 Å². The van der Waals surface area contributed by atoms with Gasteiger partial charge in [-0.05, 0) is 36.6 Å². The van der Waals surface area contributed by atoms with E-state index in [1.165, 1.54) is 18.4 Å². The summed E-state index contributed by atoms with van der Waals surface area (Å²) < 4.78 is 11.1. The van der Waals surface area contributed by atoms with Crippen molar-refractivity contribution in [3.05, 3.63) is 57.9 Å². The van der Waals surface area contributed by atoms with E-state index < -0.39 is 0 Å². The van der Waals surface area contributed by atoms with Crippen LogP contribution in [0.2, 0.25) is 5.02 Å². The topological polar surface area (TPSA) is 83.5 Å². The highest BCUT2D eigenvalue weighted by Crippen LogP contribution is 2.29. The van der Waals surface area contributed by atoms with Gasteiger partial charge in [0.2, 0.25) is 5.43 Å². The van der Waals surface area contributed by atoms with Crippen molar-refractivity contribution in [2.75, 3.05) is 6.61 Å². The molecule has 0 spiro atoms. The minimum atomic E-state index is -0.224. The molecule has 0 bridgehead atoms. The van der Waals surface area contributed by atoms with Crippen molar-refractivity contribution in [3.8, 4) is 28.7 Å². The number of fused-ring (bicyclic) bond motifs is 1. The Bertz CT molecular complexity index is 1020. The second-order valence-electron chi connectivity index (χ2n) is 5.77. The SMILES string of the molecule is N#CCCCCOc1ccc(-c2coc3cc(O)c(Cl)cc3c2=O)cc1. The van der Waals surface area contributed by atoms with Crippen molar-refractivity contribution in [1.29, 1.82) is 5.26 Å². The van der Waals surface area contributed by atoms with Crippen LogP contribution in [-0.4, -0.2) is 11.7 Å². The lowest BCUT2D eigenvalue weighted by atomic mass is 10.1. The standard InChI is InChI=1S/C20H16ClNO4/c21-17-10-15-19(11-18(17)23)26-12-16(20(15)24)13-4-6-14(7-5-13)25-9-3-1-2-8-22/h4-7,10-12,23H,1-3,9H2. The largest absolute Gasteiger partial charge is 0.506 e. The van der Waals surface area contributed by atoms with Crippen LogP contribution in [0, 0.1) is 11.3 Å². The molecule has 0 saturated heterocycles. The van der Waals surface area contributed by atoms with E-state index in [1.807, 2.05) is 0 Å². The van der Waals surface area contributed by atoms with Crippen LogP contribution in [0.4, 0.5) is 0 Å². The zero-order valence-corrected chi connectivity index (χ0v) is 14.6. The molecule has 1 heterocycles. The van der Waals surface area contributed by atoms with Gasteiger partial charge in [-0.25, -0.2) is 0 Å². The number of rotatable bonds is 6. The Morgan fingerprint density at radius 2 is 1.96 bits per heavy atom. The fourth-order valence-corrected chi connectivity index (χ4v) is 2.73. The van der Waals surface area contributed by atoms with Gasteiger partial charge in [-0.2, -0.15) is 5.26 Å². The van der Waals surface area contributed by atoms with Crippen LogP contribution < -0.4 is 10.2 Å². The first-order valence-corrected chi connectivity index (χ1v) is 8.52. The number of halogens is 1. The van der Waals surface area contributed by atoms with Crippen LogP contribution >= 0.6 is 11.6 Å². The minimum Gasteiger partial charge on any atom is -0.506 e. The van der Waals surface area contributed by atoms with E-state index in [9.17, 15) is 9.90 Å². The van der Waals surface area contributed by atoms with Crippen molar-refractivity contribution < 1.29 is 14.3 Å². The van der Waals surface area contributed by atoms with Gasteiger partial charge in [-0.15, -0.1) is 0 Å². The number of aromatic hydroxyl groups is 1. The molecule has 1 aromatic heterocycles.